The number of carbonyl (C=O) groups excluding carboxylic acids is 1. The molecule has 1 heterocycles. The Hall–Kier alpha value is -3.51. The minimum atomic E-state index is -0.275. The Morgan fingerprint density at radius 1 is 1.06 bits per heavy atom. The van der Waals surface area contributed by atoms with E-state index in [1.54, 1.807) is 12.1 Å². The molecule has 182 valence electrons. The molecular weight excluding hydrogens is 462 g/mol. The van der Waals surface area contributed by atoms with Crippen molar-refractivity contribution in [3.63, 3.8) is 0 Å². The highest BCUT2D eigenvalue weighted by atomic mass is 35.5. The van der Waals surface area contributed by atoms with E-state index < -0.39 is 0 Å². The summed E-state index contributed by atoms with van der Waals surface area (Å²) in [6.07, 6.45) is 3.96. The number of carbonyl (C=O) groups is 1. The molecule has 7 heteroatoms. The number of nitrogens with zero attached hydrogens (tertiary/aromatic N) is 2. The van der Waals surface area contributed by atoms with Gasteiger partial charge in [0.1, 0.15) is 6.61 Å². The predicted molar refractivity (Wildman–Crippen MR) is 141 cm³/mol. The molecule has 0 spiro atoms. The van der Waals surface area contributed by atoms with Crippen molar-refractivity contribution in [3.05, 3.63) is 87.9 Å². The van der Waals surface area contributed by atoms with Crippen LogP contribution in [-0.2, 0) is 6.61 Å². The standard InChI is InChI=1S/C28H30ClN3O3/c1-3-34-26-17-22(16-25(29)27(26)35-19-21-8-6-20(2)7-9-21)18-30-31-28(33)23-10-12-24(13-11-23)32-14-4-5-15-32/h6-13,16-18H,3-5,14-15,19H2,1-2H3,(H,31,33)/b30-18-. The molecule has 1 aliphatic heterocycles. The van der Waals surface area contributed by atoms with Crippen molar-refractivity contribution in [2.45, 2.75) is 33.3 Å². The zero-order valence-corrected chi connectivity index (χ0v) is 20.8. The second kappa shape index (κ2) is 11.8. The van der Waals surface area contributed by atoms with Crippen LogP contribution in [0.1, 0.15) is 46.8 Å². The molecule has 1 fully saturated rings. The van der Waals surface area contributed by atoms with Gasteiger partial charge in [-0.3, -0.25) is 4.79 Å². The van der Waals surface area contributed by atoms with Crippen LogP contribution in [0.3, 0.4) is 0 Å². The molecule has 1 aliphatic rings. The Morgan fingerprint density at radius 3 is 2.46 bits per heavy atom. The van der Waals surface area contributed by atoms with Crippen LogP contribution in [-0.4, -0.2) is 31.8 Å². The number of halogens is 1. The fraction of sp³-hybridized carbons (Fsp3) is 0.286. The van der Waals surface area contributed by atoms with E-state index in [0.29, 0.717) is 40.9 Å². The number of aryl methyl sites for hydroxylation is 1. The van der Waals surface area contributed by atoms with Crippen LogP contribution < -0.4 is 19.8 Å². The van der Waals surface area contributed by atoms with Crippen LogP contribution in [0.4, 0.5) is 5.69 Å². The van der Waals surface area contributed by atoms with Crippen LogP contribution >= 0.6 is 11.6 Å². The third kappa shape index (κ3) is 6.55. The molecule has 0 saturated carbocycles. The minimum absolute atomic E-state index is 0.275. The third-order valence-electron chi connectivity index (χ3n) is 5.82. The monoisotopic (exact) mass is 491 g/mol. The number of amides is 1. The van der Waals surface area contributed by atoms with Crippen molar-refractivity contribution >= 4 is 29.4 Å². The molecule has 0 bridgehead atoms. The molecule has 6 nitrogen and oxygen atoms in total. The van der Waals surface area contributed by atoms with Gasteiger partial charge < -0.3 is 14.4 Å². The maximum absolute atomic E-state index is 12.5. The zero-order valence-electron chi connectivity index (χ0n) is 20.1. The summed E-state index contributed by atoms with van der Waals surface area (Å²) in [4.78, 5) is 14.8. The lowest BCUT2D eigenvalue weighted by Gasteiger charge is -2.17. The van der Waals surface area contributed by atoms with E-state index in [4.69, 9.17) is 21.1 Å². The maximum atomic E-state index is 12.5. The molecule has 0 atom stereocenters. The van der Waals surface area contributed by atoms with E-state index in [-0.39, 0.29) is 5.91 Å². The van der Waals surface area contributed by atoms with E-state index in [0.717, 1.165) is 24.3 Å². The van der Waals surface area contributed by atoms with Gasteiger partial charge in [-0.05, 0) is 74.2 Å². The molecular formula is C28H30ClN3O3. The summed E-state index contributed by atoms with van der Waals surface area (Å²) >= 11 is 6.51. The number of ether oxygens (including phenoxy) is 2. The summed E-state index contributed by atoms with van der Waals surface area (Å²) in [5.41, 5.74) is 7.19. The highest BCUT2D eigenvalue weighted by Crippen LogP contribution is 2.37. The quantitative estimate of drug-likeness (QED) is 0.295. The third-order valence-corrected chi connectivity index (χ3v) is 6.10. The topological polar surface area (TPSA) is 63.2 Å². The first-order valence-electron chi connectivity index (χ1n) is 11.9. The van der Waals surface area contributed by atoms with Gasteiger partial charge in [0.05, 0.1) is 17.8 Å². The molecule has 1 saturated heterocycles. The van der Waals surface area contributed by atoms with Crippen molar-refractivity contribution in [2.75, 3.05) is 24.6 Å². The van der Waals surface area contributed by atoms with Crippen LogP contribution in [0.2, 0.25) is 5.02 Å². The number of benzene rings is 3. The van der Waals surface area contributed by atoms with Crippen molar-refractivity contribution < 1.29 is 14.3 Å². The van der Waals surface area contributed by atoms with Gasteiger partial charge in [-0.25, -0.2) is 5.43 Å². The van der Waals surface area contributed by atoms with E-state index in [9.17, 15) is 4.79 Å². The fourth-order valence-corrected chi connectivity index (χ4v) is 4.21. The molecule has 4 rings (SSSR count). The molecule has 35 heavy (non-hydrogen) atoms. The van der Waals surface area contributed by atoms with Gasteiger partial charge in [-0.15, -0.1) is 0 Å². The van der Waals surface area contributed by atoms with E-state index >= 15 is 0 Å². The lowest BCUT2D eigenvalue weighted by atomic mass is 10.1. The SMILES string of the molecule is CCOc1cc(/C=N\NC(=O)c2ccc(N3CCCC3)cc2)cc(Cl)c1OCc1ccc(C)cc1. The van der Waals surface area contributed by atoms with Gasteiger partial charge in [0.25, 0.3) is 5.91 Å². The number of nitrogens with one attached hydrogen (secondary N) is 1. The second-order valence-electron chi connectivity index (χ2n) is 8.48. The average molecular weight is 492 g/mol. The summed E-state index contributed by atoms with van der Waals surface area (Å²) in [5.74, 6) is 0.731. The molecule has 1 N–H and O–H groups in total. The number of anilines is 1. The van der Waals surface area contributed by atoms with E-state index in [2.05, 4.69) is 15.4 Å². The predicted octanol–water partition coefficient (Wildman–Crippen LogP) is 5.99. The number of hydrogen-bond acceptors (Lipinski definition) is 5. The van der Waals surface area contributed by atoms with Crippen molar-refractivity contribution in [1.82, 2.24) is 5.43 Å². The Kier molecular flexibility index (Phi) is 8.27. The summed E-state index contributed by atoms with van der Waals surface area (Å²) in [6.45, 7) is 6.91. The Labute approximate surface area is 211 Å². The molecule has 0 aliphatic carbocycles. The molecule has 0 unspecified atom stereocenters. The lowest BCUT2D eigenvalue weighted by Crippen LogP contribution is -2.19. The summed E-state index contributed by atoms with van der Waals surface area (Å²) < 4.78 is 11.7. The molecule has 0 aromatic heterocycles. The summed E-state index contributed by atoms with van der Waals surface area (Å²) in [6, 6.07) is 19.3. The molecule has 1 amide bonds. The Balaban J connectivity index is 1.40. The largest absolute Gasteiger partial charge is 0.490 e. The first kappa shape index (κ1) is 24.6. The van der Waals surface area contributed by atoms with E-state index in [1.807, 2.05) is 62.4 Å². The van der Waals surface area contributed by atoms with Gasteiger partial charge in [0.15, 0.2) is 11.5 Å². The van der Waals surface area contributed by atoms with Crippen LogP contribution in [0, 0.1) is 6.92 Å². The maximum Gasteiger partial charge on any atom is 0.271 e. The number of rotatable bonds is 9. The molecule has 3 aromatic carbocycles. The van der Waals surface area contributed by atoms with Gasteiger partial charge in [0, 0.05) is 24.3 Å². The first-order valence-corrected chi connectivity index (χ1v) is 12.2. The number of hydrazone groups is 1. The first-order chi connectivity index (χ1) is 17.0. The van der Waals surface area contributed by atoms with Crippen LogP contribution in [0.5, 0.6) is 11.5 Å². The van der Waals surface area contributed by atoms with Crippen molar-refractivity contribution in [1.29, 1.82) is 0 Å². The van der Waals surface area contributed by atoms with Crippen molar-refractivity contribution in [2.24, 2.45) is 5.10 Å². The lowest BCUT2D eigenvalue weighted by molar-refractivity contribution is 0.0955. The van der Waals surface area contributed by atoms with Gasteiger partial charge in [-0.1, -0.05) is 41.4 Å². The van der Waals surface area contributed by atoms with Gasteiger partial charge in [0.2, 0.25) is 0 Å². The van der Waals surface area contributed by atoms with E-state index in [1.165, 1.54) is 24.6 Å². The van der Waals surface area contributed by atoms with Gasteiger partial charge >= 0.3 is 0 Å². The Bertz CT molecular complexity index is 1170. The zero-order chi connectivity index (χ0) is 24.6. The number of hydrogen-bond donors (Lipinski definition) is 1. The summed E-state index contributed by atoms with van der Waals surface area (Å²) in [5, 5.41) is 4.51. The van der Waals surface area contributed by atoms with Crippen LogP contribution in [0.15, 0.2) is 65.8 Å². The second-order valence-corrected chi connectivity index (χ2v) is 8.88. The summed E-state index contributed by atoms with van der Waals surface area (Å²) in [7, 11) is 0. The fourth-order valence-electron chi connectivity index (χ4n) is 3.93. The smallest absolute Gasteiger partial charge is 0.271 e. The highest BCUT2D eigenvalue weighted by Gasteiger charge is 2.14. The van der Waals surface area contributed by atoms with Gasteiger partial charge in [-0.2, -0.15) is 5.10 Å². The van der Waals surface area contributed by atoms with Crippen LogP contribution in [0.25, 0.3) is 0 Å². The minimum Gasteiger partial charge on any atom is -0.490 e. The normalized spacial score (nSPS) is 13.3. The highest BCUT2D eigenvalue weighted by molar-refractivity contribution is 6.32. The molecule has 3 aromatic rings. The average Bonchev–Trinajstić information content (AvgIpc) is 3.40. The molecule has 0 radical (unpaired) electrons. The van der Waals surface area contributed by atoms with Crippen molar-refractivity contribution in [3.8, 4) is 11.5 Å². The Morgan fingerprint density at radius 2 is 1.77 bits per heavy atom.